The van der Waals surface area contributed by atoms with Crippen LogP contribution in [0.5, 0.6) is 0 Å². The lowest BCUT2D eigenvalue weighted by atomic mass is 10.1. The highest BCUT2D eigenvalue weighted by Gasteiger charge is 2.21. The minimum atomic E-state index is 0.152. The van der Waals surface area contributed by atoms with Crippen LogP contribution in [0.2, 0.25) is 0 Å². The van der Waals surface area contributed by atoms with Crippen molar-refractivity contribution in [1.82, 2.24) is 0 Å². The zero-order valence-electron chi connectivity index (χ0n) is 8.59. The van der Waals surface area contributed by atoms with Gasteiger partial charge in [0.15, 0.2) is 5.78 Å². The molecule has 0 spiro atoms. The Kier molecular flexibility index (Phi) is 3.59. The maximum Gasteiger partial charge on any atom is 0.175 e. The van der Waals surface area contributed by atoms with Crippen molar-refractivity contribution in [2.75, 3.05) is 6.61 Å². The molecule has 0 amide bonds. The number of aryl methyl sites for hydroxylation is 1. The molecule has 1 unspecified atom stereocenters. The second kappa shape index (κ2) is 4.76. The van der Waals surface area contributed by atoms with E-state index in [4.69, 9.17) is 4.74 Å². The molecule has 4 heteroatoms. The first-order valence-corrected chi connectivity index (χ1v) is 6.68. The van der Waals surface area contributed by atoms with Crippen LogP contribution < -0.4 is 0 Å². The number of thiophene rings is 1. The summed E-state index contributed by atoms with van der Waals surface area (Å²) in [5.74, 6) is 0.209. The van der Waals surface area contributed by atoms with Crippen LogP contribution in [0.3, 0.4) is 0 Å². The lowest BCUT2D eigenvalue weighted by molar-refractivity contribution is 0.0779. The summed E-state index contributed by atoms with van der Waals surface area (Å²) in [6.45, 7) is 2.81. The van der Waals surface area contributed by atoms with E-state index in [-0.39, 0.29) is 11.9 Å². The monoisotopic (exact) mass is 288 g/mol. The summed E-state index contributed by atoms with van der Waals surface area (Å²) in [6, 6.07) is 1.95. The number of carbonyl (C=O) groups is 1. The van der Waals surface area contributed by atoms with Gasteiger partial charge < -0.3 is 4.74 Å². The third kappa shape index (κ3) is 2.68. The number of rotatable bonds is 3. The first-order valence-electron chi connectivity index (χ1n) is 5.07. The van der Waals surface area contributed by atoms with Crippen LogP contribution in [0.1, 0.15) is 34.5 Å². The van der Waals surface area contributed by atoms with Gasteiger partial charge in [0.05, 0.1) is 14.8 Å². The van der Waals surface area contributed by atoms with Gasteiger partial charge in [-0.3, -0.25) is 4.79 Å². The minimum absolute atomic E-state index is 0.152. The van der Waals surface area contributed by atoms with Crippen molar-refractivity contribution in [2.45, 2.75) is 32.3 Å². The molecule has 1 atom stereocenters. The van der Waals surface area contributed by atoms with E-state index in [2.05, 4.69) is 15.9 Å². The lowest BCUT2D eigenvalue weighted by Gasteiger charge is -2.06. The molecule has 1 fully saturated rings. The average molecular weight is 289 g/mol. The molecule has 2 nitrogen and oxygen atoms in total. The van der Waals surface area contributed by atoms with E-state index >= 15 is 0 Å². The molecule has 0 radical (unpaired) electrons. The van der Waals surface area contributed by atoms with Crippen molar-refractivity contribution in [2.24, 2.45) is 0 Å². The third-order valence-corrected chi connectivity index (χ3v) is 4.75. The second-order valence-electron chi connectivity index (χ2n) is 3.83. The highest BCUT2D eigenvalue weighted by Crippen LogP contribution is 2.29. The van der Waals surface area contributed by atoms with Crippen molar-refractivity contribution in [3.05, 3.63) is 20.3 Å². The molecule has 0 aliphatic carbocycles. The molecule has 1 saturated heterocycles. The number of hydrogen-bond donors (Lipinski definition) is 0. The van der Waals surface area contributed by atoms with Gasteiger partial charge in [0.25, 0.3) is 0 Å². The van der Waals surface area contributed by atoms with Crippen molar-refractivity contribution in [3.63, 3.8) is 0 Å². The van der Waals surface area contributed by atoms with Crippen LogP contribution in [-0.2, 0) is 4.74 Å². The summed E-state index contributed by atoms with van der Waals surface area (Å²) in [4.78, 5) is 12.7. The van der Waals surface area contributed by atoms with Gasteiger partial charge in [-0.25, -0.2) is 0 Å². The van der Waals surface area contributed by atoms with E-state index in [0.717, 1.165) is 33.7 Å². The van der Waals surface area contributed by atoms with Crippen molar-refractivity contribution >= 4 is 33.0 Å². The van der Waals surface area contributed by atoms with Crippen LogP contribution in [0.4, 0.5) is 0 Å². The maximum absolute atomic E-state index is 11.9. The van der Waals surface area contributed by atoms with Crippen LogP contribution >= 0.6 is 27.3 Å². The SMILES string of the molecule is Cc1cc(C(=O)CC2CCCO2)sc1Br. The summed E-state index contributed by atoms with van der Waals surface area (Å²) in [5, 5.41) is 0. The number of halogens is 1. The van der Waals surface area contributed by atoms with Crippen LogP contribution in [0.25, 0.3) is 0 Å². The van der Waals surface area contributed by atoms with Gasteiger partial charge in [-0.05, 0) is 47.3 Å². The summed E-state index contributed by atoms with van der Waals surface area (Å²) in [5.41, 5.74) is 1.13. The Labute approximate surface area is 102 Å². The fourth-order valence-electron chi connectivity index (χ4n) is 1.71. The molecule has 1 aliphatic heterocycles. The Balaban J connectivity index is 2.00. The van der Waals surface area contributed by atoms with E-state index in [1.165, 1.54) is 11.3 Å². The normalized spacial score (nSPS) is 20.8. The smallest absolute Gasteiger partial charge is 0.175 e. The first-order chi connectivity index (χ1) is 7.16. The minimum Gasteiger partial charge on any atom is -0.378 e. The Hall–Kier alpha value is -0.190. The molecule has 0 saturated carbocycles. The zero-order valence-corrected chi connectivity index (χ0v) is 11.0. The van der Waals surface area contributed by atoms with Crippen LogP contribution in [0, 0.1) is 6.92 Å². The molecule has 0 bridgehead atoms. The van der Waals surface area contributed by atoms with Crippen LogP contribution in [-0.4, -0.2) is 18.5 Å². The van der Waals surface area contributed by atoms with Gasteiger partial charge in [-0.15, -0.1) is 11.3 Å². The lowest BCUT2D eigenvalue weighted by Crippen LogP contribution is -2.11. The van der Waals surface area contributed by atoms with Gasteiger partial charge in [-0.2, -0.15) is 0 Å². The Morgan fingerprint density at radius 1 is 1.73 bits per heavy atom. The molecule has 0 N–H and O–H groups in total. The van der Waals surface area contributed by atoms with Gasteiger partial charge in [0.2, 0.25) is 0 Å². The molecular formula is C11H13BrO2S. The zero-order chi connectivity index (χ0) is 10.8. The summed E-state index contributed by atoms with van der Waals surface area (Å²) in [6.07, 6.45) is 2.80. The molecule has 82 valence electrons. The fraction of sp³-hybridized carbons (Fsp3) is 0.545. The molecule has 0 aromatic carbocycles. The predicted octanol–water partition coefficient (Wildman–Crippen LogP) is 3.57. The van der Waals surface area contributed by atoms with E-state index < -0.39 is 0 Å². The molecule has 1 aromatic rings. The van der Waals surface area contributed by atoms with Crippen molar-refractivity contribution in [3.8, 4) is 0 Å². The summed E-state index contributed by atoms with van der Waals surface area (Å²) < 4.78 is 6.51. The maximum atomic E-state index is 11.9. The Morgan fingerprint density at radius 3 is 3.07 bits per heavy atom. The molecule has 1 aliphatic rings. The summed E-state index contributed by atoms with van der Waals surface area (Å²) in [7, 11) is 0. The van der Waals surface area contributed by atoms with E-state index in [0.29, 0.717) is 6.42 Å². The number of ether oxygens (including phenoxy) is 1. The number of ketones is 1. The number of Topliss-reactive ketones (excluding diaryl/α,β-unsaturated/α-hetero) is 1. The van der Waals surface area contributed by atoms with Gasteiger partial charge in [-0.1, -0.05) is 0 Å². The van der Waals surface area contributed by atoms with E-state index in [1.54, 1.807) is 0 Å². The molecule has 15 heavy (non-hydrogen) atoms. The molecule has 2 rings (SSSR count). The quantitative estimate of drug-likeness (QED) is 0.795. The number of hydrogen-bond acceptors (Lipinski definition) is 3. The highest BCUT2D eigenvalue weighted by molar-refractivity contribution is 9.11. The van der Waals surface area contributed by atoms with Gasteiger partial charge >= 0.3 is 0 Å². The number of carbonyl (C=O) groups excluding carboxylic acids is 1. The van der Waals surface area contributed by atoms with Crippen molar-refractivity contribution in [1.29, 1.82) is 0 Å². The predicted molar refractivity (Wildman–Crippen MR) is 64.7 cm³/mol. The first kappa shape index (κ1) is 11.3. The topological polar surface area (TPSA) is 26.3 Å². The van der Waals surface area contributed by atoms with Crippen LogP contribution in [0.15, 0.2) is 9.85 Å². The third-order valence-electron chi connectivity index (χ3n) is 2.57. The van der Waals surface area contributed by atoms with Crippen molar-refractivity contribution < 1.29 is 9.53 Å². The molecule has 2 heterocycles. The summed E-state index contributed by atoms with van der Waals surface area (Å²) >= 11 is 4.95. The van der Waals surface area contributed by atoms with E-state index in [9.17, 15) is 4.79 Å². The average Bonchev–Trinajstić information content (AvgIpc) is 2.78. The molecule has 1 aromatic heterocycles. The molecular weight excluding hydrogens is 276 g/mol. The second-order valence-corrected chi connectivity index (χ2v) is 6.20. The standard InChI is InChI=1S/C11H13BrO2S/c1-7-5-10(15-11(7)12)9(13)6-8-3-2-4-14-8/h5,8H,2-4,6H2,1H3. The largest absolute Gasteiger partial charge is 0.378 e. The van der Waals surface area contributed by atoms with E-state index in [1.807, 2.05) is 13.0 Å². The highest BCUT2D eigenvalue weighted by atomic mass is 79.9. The fourth-order valence-corrected chi connectivity index (χ4v) is 3.19. The Bertz CT molecular complexity index is 347. The Morgan fingerprint density at radius 2 is 2.53 bits per heavy atom. The van der Waals surface area contributed by atoms with Gasteiger partial charge in [0, 0.05) is 13.0 Å². The van der Waals surface area contributed by atoms with Gasteiger partial charge in [0.1, 0.15) is 0 Å².